The molecule has 0 bridgehead atoms. The molecule has 0 atom stereocenters. The minimum atomic E-state index is -4.09. The molecule has 0 fully saturated rings. The molecule has 2 aromatic rings. The predicted molar refractivity (Wildman–Crippen MR) is 85.4 cm³/mol. The van der Waals surface area contributed by atoms with Crippen LogP contribution in [-0.2, 0) is 10.2 Å². The van der Waals surface area contributed by atoms with Crippen LogP contribution in [0.25, 0.3) is 0 Å². The number of amidine groups is 1. The van der Waals surface area contributed by atoms with Crippen LogP contribution in [0.1, 0.15) is 0 Å². The molecule has 0 saturated carbocycles. The molecule has 0 heterocycles. The van der Waals surface area contributed by atoms with Gasteiger partial charge in [-0.3, -0.25) is 0 Å². The SMILES string of the molecule is NS(=O)(=O)/N=C(/Nc1ccccc1Br)Oc1ccccc1. The van der Waals surface area contributed by atoms with Crippen LogP contribution in [0.2, 0.25) is 0 Å². The highest BCUT2D eigenvalue weighted by Gasteiger charge is 2.10. The van der Waals surface area contributed by atoms with Gasteiger partial charge < -0.3 is 10.1 Å². The number of nitrogens with one attached hydrogen (secondary N) is 1. The highest BCUT2D eigenvalue weighted by atomic mass is 79.9. The Bertz CT molecular complexity index is 748. The van der Waals surface area contributed by atoms with Crippen molar-refractivity contribution in [3.05, 3.63) is 59.1 Å². The minimum Gasteiger partial charge on any atom is -0.425 e. The van der Waals surface area contributed by atoms with Crippen molar-refractivity contribution in [1.29, 1.82) is 0 Å². The monoisotopic (exact) mass is 369 g/mol. The van der Waals surface area contributed by atoms with Gasteiger partial charge >= 0.3 is 16.2 Å². The van der Waals surface area contributed by atoms with Crippen molar-refractivity contribution in [3.8, 4) is 5.75 Å². The Morgan fingerprint density at radius 3 is 2.33 bits per heavy atom. The summed E-state index contributed by atoms with van der Waals surface area (Å²) in [5.41, 5.74) is 0.593. The molecule has 0 aliphatic carbocycles. The fourth-order valence-corrected chi connectivity index (χ4v) is 2.16. The largest absolute Gasteiger partial charge is 0.425 e. The smallest absolute Gasteiger partial charge is 0.321 e. The number of ether oxygens (including phenoxy) is 1. The summed E-state index contributed by atoms with van der Waals surface area (Å²) in [6.07, 6.45) is 0. The Balaban J connectivity index is 2.30. The van der Waals surface area contributed by atoms with Crippen LogP contribution >= 0.6 is 15.9 Å². The van der Waals surface area contributed by atoms with Crippen LogP contribution in [0, 0.1) is 0 Å². The second-order valence-corrected chi connectivity index (χ2v) is 6.00. The third-order valence-corrected chi connectivity index (χ3v) is 3.40. The lowest BCUT2D eigenvalue weighted by molar-refractivity contribution is 0.547. The molecule has 0 amide bonds. The van der Waals surface area contributed by atoms with Crippen molar-refractivity contribution >= 4 is 37.8 Å². The number of nitrogens with zero attached hydrogens (tertiary/aromatic N) is 1. The molecule has 8 heteroatoms. The Morgan fingerprint density at radius 2 is 1.71 bits per heavy atom. The summed E-state index contributed by atoms with van der Waals surface area (Å²) < 4.78 is 31.8. The summed E-state index contributed by atoms with van der Waals surface area (Å²) in [4.78, 5) is 0. The summed E-state index contributed by atoms with van der Waals surface area (Å²) in [5, 5.41) is 7.71. The van der Waals surface area contributed by atoms with Crippen LogP contribution in [0.15, 0.2) is 63.5 Å². The zero-order valence-electron chi connectivity index (χ0n) is 10.7. The van der Waals surface area contributed by atoms with Crippen molar-refractivity contribution in [2.75, 3.05) is 5.32 Å². The lowest BCUT2D eigenvalue weighted by Gasteiger charge is -2.11. The van der Waals surface area contributed by atoms with E-state index in [0.717, 1.165) is 4.47 Å². The number of halogens is 1. The third kappa shape index (κ3) is 5.18. The fourth-order valence-electron chi connectivity index (χ4n) is 1.46. The number of para-hydroxylation sites is 2. The van der Waals surface area contributed by atoms with E-state index in [0.29, 0.717) is 11.4 Å². The summed E-state index contributed by atoms with van der Waals surface area (Å²) in [7, 11) is -4.09. The van der Waals surface area contributed by atoms with E-state index in [1.165, 1.54) is 0 Å². The molecule has 2 rings (SSSR count). The molecule has 0 aliphatic rings. The molecule has 6 nitrogen and oxygen atoms in total. The van der Waals surface area contributed by atoms with Crippen LogP contribution in [0.5, 0.6) is 5.75 Å². The normalized spacial score (nSPS) is 12.0. The van der Waals surface area contributed by atoms with E-state index < -0.39 is 10.2 Å². The minimum absolute atomic E-state index is 0.240. The van der Waals surface area contributed by atoms with E-state index >= 15 is 0 Å². The highest BCUT2D eigenvalue weighted by molar-refractivity contribution is 9.10. The lowest BCUT2D eigenvalue weighted by atomic mass is 10.3. The standard InChI is InChI=1S/C13H12BrN3O3S/c14-11-8-4-5-9-12(11)16-13(17-21(15,18)19)20-10-6-2-1-3-7-10/h1-9H,(H,16,17)(H2,15,18,19). The van der Waals surface area contributed by atoms with E-state index in [2.05, 4.69) is 25.6 Å². The van der Waals surface area contributed by atoms with Gasteiger partial charge in [0.05, 0.1) is 5.69 Å². The second kappa shape index (κ2) is 6.70. The van der Waals surface area contributed by atoms with Crippen molar-refractivity contribution in [1.82, 2.24) is 0 Å². The first-order chi connectivity index (χ1) is 9.94. The van der Waals surface area contributed by atoms with Crippen molar-refractivity contribution in [2.45, 2.75) is 0 Å². The third-order valence-electron chi connectivity index (χ3n) is 2.28. The maximum Gasteiger partial charge on any atom is 0.321 e. The van der Waals surface area contributed by atoms with Crippen molar-refractivity contribution in [3.63, 3.8) is 0 Å². The number of nitrogens with two attached hydrogens (primary N) is 1. The van der Waals surface area contributed by atoms with E-state index in [-0.39, 0.29) is 6.02 Å². The first-order valence-electron chi connectivity index (χ1n) is 5.81. The Kier molecular flexibility index (Phi) is 4.94. The van der Waals surface area contributed by atoms with Gasteiger partial charge in [-0.05, 0) is 40.2 Å². The molecule has 0 aliphatic heterocycles. The molecule has 110 valence electrons. The van der Waals surface area contributed by atoms with E-state index in [9.17, 15) is 8.42 Å². The second-order valence-electron chi connectivity index (χ2n) is 3.93. The molecule has 3 N–H and O–H groups in total. The predicted octanol–water partition coefficient (Wildman–Crippen LogP) is 2.50. The number of anilines is 1. The van der Waals surface area contributed by atoms with Crippen molar-refractivity contribution < 1.29 is 13.2 Å². The quantitative estimate of drug-likeness (QED) is 0.641. The molecule has 0 unspecified atom stereocenters. The Morgan fingerprint density at radius 1 is 1.10 bits per heavy atom. The fraction of sp³-hybridized carbons (Fsp3) is 0. The topological polar surface area (TPSA) is 93.8 Å². The van der Waals surface area contributed by atoms with Gasteiger partial charge in [-0.15, -0.1) is 0 Å². The first-order valence-corrected chi connectivity index (χ1v) is 8.11. The number of hydrogen-bond donors (Lipinski definition) is 2. The molecule has 0 radical (unpaired) electrons. The van der Waals surface area contributed by atoms with Crippen molar-refractivity contribution in [2.24, 2.45) is 9.54 Å². The summed E-state index contributed by atoms with van der Waals surface area (Å²) in [5.74, 6) is 0.430. The van der Waals surface area contributed by atoms with Gasteiger partial charge in [0.15, 0.2) is 0 Å². The van der Waals surface area contributed by atoms with Crippen LogP contribution in [0.3, 0.4) is 0 Å². The van der Waals surface area contributed by atoms with Crippen LogP contribution in [-0.4, -0.2) is 14.4 Å². The molecule has 0 spiro atoms. The lowest BCUT2D eigenvalue weighted by Crippen LogP contribution is -2.23. The molecular formula is C13H12BrN3O3S. The van der Waals surface area contributed by atoms with Gasteiger partial charge in [-0.1, -0.05) is 34.7 Å². The van der Waals surface area contributed by atoms with Gasteiger partial charge in [-0.25, -0.2) is 5.14 Å². The average Bonchev–Trinajstić information content (AvgIpc) is 2.41. The van der Waals surface area contributed by atoms with Crippen LogP contribution < -0.4 is 15.2 Å². The number of hydrogen-bond acceptors (Lipinski definition) is 3. The zero-order valence-corrected chi connectivity index (χ0v) is 13.1. The van der Waals surface area contributed by atoms with Gasteiger partial charge in [0.1, 0.15) is 5.75 Å². The first kappa shape index (κ1) is 15.5. The van der Waals surface area contributed by atoms with E-state index in [1.54, 1.807) is 42.5 Å². The average molecular weight is 370 g/mol. The van der Waals surface area contributed by atoms with Crippen LogP contribution in [0.4, 0.5) is 5.69 Å². The Hall–Kier alpha value is -1.90. The van der Waals surface area contributed by atoms with Gasteiger partial charge in [0.2, 0.25) is 0 Å². The van der Waals surface area contributed by atoms with E-state index in [1.807, 2.05) is 12.1 Å². The Labute approximate surface area is 131 Å². The highest BCUT2D eigenvalue weighted by Crippen LogP contribution is 2.21. The van der Waals surface area contributed by atoms with E-state index in [4.69, 9.17) is 9.88 Å². The number of benzene rings is 2. The van der Waals surface area contributed by atoms with Gasteiger partial charge in [0.25, 0.3) is 0 Å². The maximum atomic E-state index is 11.2. The molecule has 0 saturated heterocycles. The number of rotatable bonds is 3. The molecule has 0 aromatic heterocycles. The summed E-state index contributed by atoms with van der Waals surface area (Å²) in [6, 6.07) is 15.5. The maximum absolute atomic E-state index is 11.2. The molecular weight excluding hydrogens is 358 g/mol. The van der Waals surface area contributed by atoms with Gasteiger partial charge in [0, 0.05) is 4.47 Å². The molecule has 2 aromatic carbocycles. The van der Waals surface area contributed by atoms with Gasteiger partial charge in [-0.2, -0.15) is 8.42 Å². The molecule has 21 heavy (non-hydrogen) atoms. The zero-order chi connectivity index (χ0) is 15.3. The summed E-state index contributed by atoms with van der Waals surface area (Å²) >= 11 is 3.34. The summed E-state index contributed by atoms with van der Waals surface area (Å²) in [6.45, 7) is 0.